The molecule has 2 aromatic carbocycles. The van der Waals surface area contributed by atoms with Crippen molar-refractivity contribution in [1.82, 2.24) is 0 Å². The molecule has 2 aromatic rings. The second kappa shape index (κ2) is 7.75. The Balaban J connectivity index is 2.20. The predicted octanol–water partition coefficient (Wildman–Crippen LogP) is 3.62. The third-order valence-electron chi connectivity index (χ3n) is 3.46. The number of halogens is 1. The molecule has 1 N–H and O–H groups in total. The molecular weight excluding hydrogens is 370 g/mol. The number of carbonyl (C=O) groups excluding carboxylic acids is 2. The van der Waals surface area contributed by atoms with E-state index in [-0.39, 0.29) is 18.4 Å². The molecule has 0 saturated carbocycles. The van der Waals surface area contributed by atoms with Crippen molar-refractivity contribution in [2.24, 2.45) is 0 Å². The van der Waals surface area contributed by atoms with Crippen LogP contribution in [0, 0.1) is 18.3 Å². The van der Waals surface area contributed by atoms with Crippen LogP contribution in [0.2, 0.25) is 0 Å². The summed E-state index contributed by atoms with van der Waals surface area (Å²) in [4.78, 5) is 25.6. The molecule has 122 valence electrons. The van der Waals surface area contributed by atoms with Crippen molar-refractivity contribution in [2.75, 3.05) is 16.8 Å². The van der Waals surface area contributed by atoms with Gasteiger partial charge in [0.05, 0.1) is 11.3 Å². The van der Waals surface area contributed by atoms with Crippen LogP contribution in [0.1, 0.15) is 18.1 Å². The first-order valence-electron chi connectivity index (χ1n) is 7.25. The van der Waals surface area contributed by atoms with Crippen molar-refractivity contribution >= 4 is 39.1 Å². The average molecular weight is 386 g/mol. The highest BCUT2D eigenvalue weighted by atomic mass is 79.9. The number of para-hydroxylation sites is 1. The second-order valence-electron chi connectivity index (χ2n) is 5.24. The molecule has 0 bridgehead atoms. The van der Waals surface area contributed by atoms with Gasteiger partial charge in [0.2, 0.25) is 11.8 Å². The molecule has 0 aliphatic carbocycles. The summed E-state index contributed by atoms with van der Waals surface area (Å²) < 4.78 is 0.923. The van der Waals surface area contributed by atoms with Gasteiger partial charge in [0.1, 0.15) is 12.6 Å². The molecule has 24 heavy (non-hydrogen) atoms. The van der Waals surface area contributed by atoms with Crippen LogP contribution in [0.4, 0.5) is 11.4 Å². The zero-order valence-corrected chi connectivity index (χ0v) is 14.9. The van der Waals surface area contributed by atoms with E-state index < -0.39 is 0 Å². The molecule has 0 spiro atoms. The summed E-state index contributed by atoms with van der Waals surface area (Å²) in [6, 6.07) is 14.3. The molecule has 0 aliphatic rings. The summed E-state index contributed by atoms with van der Waals surface area (Å²) in [5, 5.41) is 12.0. The van der Waals surface area contributed by atoms with E-state index in [2.05, 4.69) is 21.2 Å². The first-order valence-corrected chi connectivity index (χ1v) is 8.05. The van der Waals surface area contributed by atoms with E-state index in [1.165, 1.54) is 11.8 Å². The van der Waals surface area contributed by atoms with E-state index in [9.17, 15) is 14.9 Å². The summed E-state index contributed by atoms with van der Waals surface area (Å²) in [6.07, 6.45) is 0. The van der Waals surface area contributed by atoms with Crippen LogP contribution < -0.4 is 10.2 Å². The fourth-order valence-corrected chi connectivity index (χ4v) is 2.75. The highest BCUT2D eigenvalue weighted by Gasteiger charge is 2.19. The molecule has 0 fully saturated rings. The lowest BCUT2D eigenvalue weighted by atomic mass is 10.1. The van der Waals surface area contributed by atoms with Crippen molar-refractivity contribution in [2.45, 2.75) is 13.8 Å². The Morgan fingerprint density at radius 2 is 1.96 bits per heavy atom. The lowest BCUT2D eigenvalue weighted by Crippen LogP contribution is -2.37. The van der Waals surface area contributed by atoms with Crippen LogP contribution in [0.3, 0.4) is 0 Å². The van der Waals surface area contributed by atoms with Gasteiger partial charge in [-0.1, -0.05) is 28.1 Å². The molecule has 0 aromatic heterocycles. The summed E-state index contributed by atoms with van der Waals surface area (Å²) in [7, 11) is 0. The van der Waals surface area contributed by atoms with Crippen molar-refractivity contribution in [3.05, 3.63) is 58.1 Å². The van der Waals surface area contributed by atoms with Crippen LogP contribution in [-0.2, 0) is 9.59 Å². The molecule has 0 atom stereocenters. The number of hydrogen-bond acceptors (Lipinski definition) is 3. The minimum atomic E-state index is -0.330. The Hall–Kier alpha value is -2.65. The zero-order chi connectivity index (χ0) is 17.7. The van der Waals surface area contributed by atoms with Gasteiger partial charge in [-0.3, -0.25) is 9.59 Å². The van der Waals surface area contributed by atoms with Gasteiger partial charge in [-0.15, -0.1) is 0 Å². The molecular formula is C18H16BrN3O2. The fraction of sp³-hybridized carbons (Fsp3) is 0.167. The SMILES string of the molecule is CC(=O)N(CC(=O)Nc1ccc(Br)cc1C)c1ccccc1C#N. The van der Waals surface area contributed by atoms with Crippen molar-refractivity contribution in [3.63, 3.8) is 0 Å². The number of aryl methyl sites for hydroxylation is 1. The van der Waals surface area contributed by atoms with Gasteiger partial charge in [-0.05, 0) is 42.8 Å². The summed E-state index contributed by atoms with van der Waals surface area (Å²) in [5.74, 6) is -0.635. The number of anilines is 2. The van der Waals surface area contributed by atoms with Crippen LogP contribution >= 0.6 is 15.9 Å². The summed E-state index contributed by atoms with van der Waals surface area (Å²) in [6.45, 7) is 3.09. The maximum atomic E-state index is 12.3. The van der Waals surface area contributed by atoms with E-state index in [4.69, 9.17) is 0 Å². The van der Waals surface area contributed by atoms with E-state index in [0.717, 1.165) is 10.0 Å². The number of nitrogens with zero attached hydrogens (tertiary/aromatic N) is 2. The van der Waals surface area contributed by atoms with Gasteiger partial charge in [-0.25, -0.2) is 0 Å². The second-order valence-corrected chi connectivity index (χ2v) is 6.16. The maximum absolute atomic E-state index is 12.3. The fourth-order valence-electron chi connectivity index (χ4n) is 2.27. The molecule has 0 radical (unpaired) electrons. The van der Waals surface area contributed by atoms with Gasteiger partial charge in [-0.2, -0.15) is 5.26 Å². The van der Waals surface area contributed by atoms with E-state index >= 15 is 0 Å². The van der Waals surface area contributed by atoms with Gasteiger partial charge < -0.3 is 10.2 Å². The third-order valence-corrected chi connectivity index (χ3v) is 3.95. The van der Waals surface area contributed by atoms with Crippen molar-refractivity contribution in [1.29, 1.82) is 5.26 Å². The van der Waals surface area contributed by atoms with Gasteiger partial charge in [0.25, 0.3) is 0 Å². The molecule has 6 heteroatoms. The Morgan fingerprint density at radius 1 is 1.25 bits per heavy atom. The topological polar surface area (TPSA) is 73.2 Å². The average Bonchev–Trinajstić information content (AvgIpc) is 2.55. The Morgan fingerprint density at radius 3 is 2.58 bits per heavy atom. The third kappa shape index (κ3) is 4.21. The molecule has 0 unspecified atom stereocenters. The molecule has 2 rings (SSSR count). The minimum absolute atomic E-state index is 0.163. The lowest BCUT2D eigenvalue weighted by molar-refractivity contribution is -0.120. The highest BCUT2D eigenvalue weighted by Crippen LogP contribution is 2.22. The standard InChI is InChI=1S/C18H16BrN3O2/c1-12-9-15(19)7-8-16(12)21-18(24)11-22(13(2)23)17-6-4-3-5-14(17)10-20/h3-9H,11H2,1-2H3,(H,21,24). The zero-order valence-electron chi connectivity index (χ0n) is 13.3. The number of carbonyl (C=O) groups is 2. The monoisotopic (exact) mass is 385 g/mol. The lowest BCUT2D eigenvalue weighted by Gasteiger charge is -2.22. The number of hydrogen-bond donors (Lipinski definition) is 1. The van der Waals surface area contributed by atoms with E-state index in [1.54, 1.807) is 30.3 Å². The molecule has 0 saturated heterocycles. The highest BCUT2D eigenvalue weighted by molar-refractivity contribution is 9.10. The smallest absolute Gasteiger partial charge is 0.244 e. The molecule has 2 amide bonds. The summed E-state index contributed by atoms with van der Waals surface area (Å²) in [5.41, 5.74) is 2.36. The number of rotatable bonds is 4. The van der Waals surface area contributed by atoms with Crippen molar-refractivity contribution < 1.29 is 9.59 Å². The number of benzene rings is 2. The number of nitriles is 1. The number of nitrogens with one attached hydrogen (secondary N) is 1. The predicted molar refractivity (Wildman–Crippen MR) is 96.7 cm³/mol. The minimum Gasteiger partial charge on any atom is -0.324 e. The van der Waals surface area contributed by atoms with Gasteiger partial charge >= 0.3 is 0 Å². The van der Waals surface area contributed by atoms with Crippen LogP contribution in [-0.4, -0.2) is 18.4 Å². The quantitative estimate of drug-likeness (QED) is 0.872. The maximum Gasteiger partial charge on any atom is 0.244 e. The van der Waals surface area contributed by atoms with Gasteiger partial charge in [0.15, 0.2) is 0 Å². The molecule has 5 nitrogen and oxygen atoms in total. The van der Waals surface area contributed by atoms with Crippen molar-refractivity contribution in [3.8, 4) is 6.07 Å². The van der Waals surface area contributed by atoms with E-state index in [1.807, 2.05) is 25.1 Å². The van der Waals surface area contributed by atoms with Gasteiger partial charge in [0, 0.05) is 17.1 Å². The van der Waals surface area contributed by atoms with E-state index in [0.29, 0.717) is 16.9 Å². The Kier molecular flexibility index (Phi) is 5.72. The largest absolute Gasteiger partial charge is 0.324 e. The molecule has 0 heterocycles. The van der Waals surface area contributed by atoms with Crippen LogP contribution in [0.25, 0.3) is 0 Å². The summed E-state index contributed by atoms with van der Waals surface area (Å²) >= 11 is 3.37. The first kappa shape index (κ1) is 17.7. The number of amides is 2. The molecule has 0 aliphatic heterocycles. The Labute approximate surface area is 149 Å². The Bertz CT molecular complexity index is 827. The normalized spacial score (nSPS) is 9.92. The first-order chi connectivity index (χ1) is 11.4. The van der Waals surface area contributed by atoms with Crippen LogP contribution in [0.5, 0.6) is 0 Å². The van der Waals surface area contributed by atoms with Crippen LogP contribution in [0.15, 0.2) is 46.9 Å².